The SMILES string of the molecule is COc1cc(/C=N/NC(=O)c2cccc(NC(=O)c3ccccc3F)c2)cc(I)c1O. The van der Waals surface area contributed by atoms with Gasteiger partial charge in [-0.05, 0) is 70.6 Å². The number of carbonyl (C=O) groups is 2. The molecule has 31 heavy (non-hydrogen) atoms. The highest BCUT2D eigenvalue weighted by Crippen LogP contribution is 2.31. The van der Waals surface area contributed by atoms with Crippen LogP contribution < -0.4 is 15.5 Å². The lowest BCUT2D eigenvalue weighted by molar-refractivity contribution is 0.0953. The Morgan fingerprint density at radius 1 is 1.10 bits per heavy atom. The Balaban J connectivity index is 1.68. The molecule has 0 saturated heterocycles. The molecule has 0 aliphatic heterocycles. The predicted octanol–water partition coefficient (Wildman–Crippen LogP) is 4.16. The molecule has 3 aromatic carbocycles. The Labute approximate surface area is 191 Å². The molecule has 2 amide bonds. The van der Waals surface area contributed by atoms with Crippen molar-refractivity contribution in [2.24, 2.45) is 5.10 Å². The number of nitrogens with one attached hydrogen (secondary N) is 2. The van der Waals surface area contributed by atoms with E-state index in [1.165, 1.54) is 37.6 Å². The van der Waals surface area contributed by atoms with Crippen LogP contribution in [0.1, 0.15) is 26.3 Å². The molecule has 0 unspecified atom stereocenters. The minimum Gasteiger partial charge on any atom is -0.504 e. The summed E-state index contributed by atoms with van der Waals surface area (Å²) in [6.45, 7) is 0. The number of phenols is 1. The van der Waals surface area contributed by atoms with Gasteiger partial charge < -0.3 is 15.2 Å². The monoisotopic (exact) mass is 533 g/mol. The molecule has 0 saturated carbocycles. The molecule has 0 heterocycles. The summed E-state index contributed by atoms with van der Waals surface area (Å²) in [4.78, 5) is 24.6. The number of carbonyl (C=O) groups excluding carboxylic acids is 2. The van der Waals surface area contributed by atoms with Crippen LogP contribution in [-0.2, 0) is 0 Å². The van der Waals surface area contributed by atoms with Crippen molar-refractivity contribution in [1.82, 2.24) is 5.43 Å². The predicted molar refractivity (Wildman–Crippen MR) is 123 cm³/mol. The molecule has 9 heteroatoms. The number of phenolic OH excluding ortho intramolecular Hbond substituents is 1. The van der Waals surface area contributed by atoms with Gasteiger partial charge >= 0.3 is 0 Å². The molecule has 0 spiro atoms. The summed E-state index contributed by atoms with van der Waals surface area (Å²) in [6.07, 6.45) is 1.41. The third kappa shape index (κ3) is 5.57. The van der Waals surface area contributed by atoms with Gasteiger partial charge in [-0.15, -0.1) is 0 Å². The van der Waals surface area contributed by atoms with E-state index in [0.717, 1.165) is 0 Å². The summed E-state index contributed by atoms with van der Waals surface area (Å²) in [5.74, 6) is -1.44. The second-order valence-electron chi connectivity index (χ2n) is 6.27. The Hall–Kier alpha value is -3.47. The average Bonchev–Trinajstić information content (AvgIpc) is 2.76. The smallest absolute Gasteiger partial charge is 0.271 e. The van der Waals surface area contributed by atoms with Gasteiger partial charge in [0.1, 0.15) is 5.82 Å². The molecule has 0 aliphatic carbocycles. The van der Waals surface area contributed by atoms with Gasteiger partial charge in [-0.2, -0.15) is 5.10 Å². The van der Waals surface area contributed by atoms with Crippen LogP contribution >= 0.6 is 22.6 Å². The number of anilines is 1. The zero-order valence-electron chi connectivity index (χ0n) is 16.2. The quantitative estimate of drug-likeness (QED) is 0.252. The van der Waals surface area contributed by atoms with Crippen molar-refractivity contribution in [1.29, 1.82) is 0 Å². The fourth-order valence-corrected chi connectivity index (χ4v) is 3.26. The number of rotatable bonds is 6. The zero-order valence-corrected chi connectivity index (χ0v) is 18.4. The molecular weight excluding hydrogens is 516 g/mol. The van der Waals surface area contributed by atoms with Crippen LogP contribution in [0.15, 0.2) is 65.8 Å². The van der Waals surface area contributed by atoms with E-state index in [2.05, 4.69) is 15.8 Å². The number of amides is 2. The van der Waals surface area contributed by atoms with Crippen molar-refractivity contribution in [3.63, 3.8) is 0 Å². The molecule has 3 aromatic rings. The average molecular weight is 533 g/mol. The molecule has 0 aromatic heterocycles. The highest BCUT2D eigenvalue weighted by Gasteiger charge is 2.12. The molecule has 0 fully saturated rings. The van der Waals surface area contributed by atoms with Gasteiger partial charge in [0.15, 0.2) is 11.5 Å². The normalized spacial score (nSPS) is 10.7. The van der Waals surface area contributed by atoms with Gasteiger partial charge in [0.2, 0.25) is 0 Å². The third-order valence-corrected chi connectivity index (χ3v) is 4.97. The molecule has 0 atom stereocenters. The largest absolute Gasteiger partial charge is 0.504 e. The number of hydrogen-bond donors (Lipinski definition) is 3. The third-order valence-electron chi connectivity index (χ3n) is 4.15. The number of methoxy groups -OCH3 is 1. The maximum Gasteiger partial charge on any atom is 0.271 e. The molecule has 3 rings (SSSR count). The summed E-state index contributed by atoms with van der Waals surface area (Å²) >= 11 is 1.96. The lowest BCUT2D eigenvalue weighted by Crippen LogP contribution is -2.18. The van der Waals surface area contributed by atoms with Gasteiger partial charge in [0.25, 0.3) is 11.8 Å². The van der Waals surface area contributed by atoms with Crippen molar-refractivity contribution >= 4 is 46.3 Å². The number of hydrogen-bond acceptors (Lipinski definition) is 5. The molecule has 3 N–H and O–H groups in total. The minimum atomic E-state index is -0.635. The van der Waals surface area contributed by atoms with Gasteiger partial charge in [0.05, 0.1) is 22.5 Å². The number of aromatic hydroxyl groups is 1. The van der Waals surface area contributed by atoms with Crippen molar-refractivity contribution in [2.45, 2.75) is 0 Å². The lowest BCUT2D eigenvalue weighted by Gasteiger charge is -2.08. The van der Waals surface area contributed by atoms with Crippen LogP contribution in [-0.4, -0.2) is 30.2 Å². The lowest BCUT2D eigenvalue weighted by atomic mass is 10.1. The van der Waals surface area contributed by atoms with Gasteiger partial charge in [-0.3, -0.25) is 9.59 Å². The van der Waals surface area contributed by atoms with Crippen LogP contribution in [0.25, 0.3) is 0 Å². The second kappa shape index (κ2) is 10.0. The van der Waals surface area contributed by atoms with E-state index in [9.17, 15) is 19.1 Å². The van der Waals surface area contributed by atoms with E-state index in [-0.39, 0.29) is 22.6 Å². The first-order chi connectivity index (χ1) is 14.9. The summed E-state index contributed by atoms with van der Waals surface area (Å²) in [5, 5.41) is 16.3. The van der Waals surface area contributed by atoms with E-state index < -0.39 is 17.6 Å². The first-order valence-corrected chi connectivity index (χ1v) is 10.0. The van der Waals surface area contributed by atoms with Gasteiger partial charge in [0, 0.05) is 11.3 Å². The Morgan fingerprint density at radius 2 is 1.87 bits per heavy atom. The molecule has 0 aliphatic rings. The summed E-state index contributed by atoms with van der Waals surface area (Å²) in [7, 11) is 1.44. The Bertz CT molecular complexity index is 1170. The topological polar surface area (TPSA) is 100 Å². The van der Waals surface area contributed by atoms with E-state index in [0.29, 0.717) is 14.8 Å². The van der Waals surface area contributed by atoms with Crippen molar-refractivity contribution in [2.75, 3.05) is 12.4 Å². The molecule has 0 radical (unpaired) electrons. The van der Waals surface area contributed by atoms with Crippen molar-refractivity contribution < 1.29 is 23.8 Å². The van der Waals surface area contributed by atoms with Crippen LogP contribution in [0.5, 0.6) is 11.5 Å². The van der Waals surface area contributed by atoms with Gasteiger partial charge in [-0.1, -0.05) is 18.2 Å². The number of benzene rings is 3. The Morgan fingerprint density at radius 3 is 2.61 bits per heavy atom. The molecule has 7 nitrogen and oxygen atoms in total. The van der Waals surface area contributed by atoms with E-state index >= 15 is 0 Å². The molecule has 158 valence electrons. The Kier molecular flexibility index (Phi) is 7.19. The fraction of sp³-hybridized carbons (Fsp3) is 0.0455. The van der Waals surface area contributed by atoms with Crippen LogP contribution in [0, 0.1) is 9.39 Å². The minimum absolute atomic E-state index is 0.0264. The number of ether oxygens (including phenoxy) is 1. The first kappa shape index (κ1) is 22.2. The number of halogens is 2. The maximum atomic E-state index is 13.8. The highest BCUT2D eigenvalue weighted by molar-refractivity contribution is 14.1. The van der Waals surface area contributed by atoms with Gasteiger partial charge in [-0.25, -0.2) is 9.82 Å². The molecular formula is C22H17FIN3O4. The van der Waals surface area contributed by atoms with Crippen LogP contribution in [0.3, 0.4) is 0 Å². The number of nitrogens with zero attached hydrogens (tertiary/aromatic N) is 1. The summed E-state index contributed by atoms with van der Waals surface area (Å²) in [6, 6.07) is 15.0. The maximum absolute atomic E-state index is 13.8. The fourth-order valence-electron chi connectivity index (χ4n) is 2.64. The summed E-state index contributed by atoms with van der Waals surface area (Å²) < 4.78 is 19.4. The zero-order chi connectivity index (χ0) is 22.4. The molecule has 0 bridgehead atoms. The van der Waals surface area contributed by atoms with Crippen LogP contribution in [0.2, 0.25) is 0 Å². The first-order valence-electron chi connectivity index (χ1n) is 8.95. The summed E-state index contributed by atoms with van der Waals surface area (Å²) in [5.41, 5.74) is 3.50. The van der Waals surface area contributed by atoms with E-state index in [4.69, 9.17) is 4.74 Å². The van der Waals surface area contributed by atoms with Crippen LogP contribution in [0.4, 0.5) is 10.1 Å². The second-order valence-corrected chi connectivity index (χ2v) is 7.43. The standard InChI is InChI=1S/C22H17FIN3O4/c1-31-19-10-13(9-18(24)20(19)28)12-25-27-21(29)14-5-4-6-15(11-14)26-22(30)16-7-2-3-8-17(16)23/h2-12,28H,1H3,(H,26,30)(H,27,29)/b25-12+. The van der Waals surface area contributed by atoms with Crippen molar-refractivity contribution in [3.05, 3.63) is 86.7 Å². The van der Waals surface area contributed by atoms with Crippen molar-refractivity contribution in [3.8, 4) is 11.5 Å². The number of hydrazone groups is 1. The van der Waals surface area contributed by atoms with E-state index in [1.54, 1.807) is 36.4 Å². The highest BCUT2D eigenvalue weighted by atomic mass is 127. The van der Waals surface area contributed by atoms with E-state index in [1.807, 2.05) is 22.6 Å².